The van der Waals surface area contributed by atoms with Crippen LogP contribution in [0.2, 0.25) is 0 Å². The van der Waals surface area contributed by atoms with Crippen molar-refractivity contribution < 1.29 is 57.6 Å². The number of esters is 2. The van der Waals surface area contributed by atoms with Crippen LogP contribution in [0.3, 0.4) is 0 Å². The van der Waals surface area contributed by atoms with Crippen molar-refractivity contribution in [1.29, 1.82) is 0 Å². The molecule has 74 heavy (non-hydrogen) atoms. The molecule has 0 unspecified atom stereocenters. The Balaban J connectivity index is 0.000000218. The number of aliphatic carboxylic acids is 1. The minimum atomic E-state index is -1.72. The second-order valence-electron chi connectivity index (χ2n) is 13.8. The van der Waals surface area contributed by atoms with Crippen molar-refractivity contribution in [1.82, 2.24) is 74.2 Å². The van der Waals surface area contributed by atoms with Crippen molar-refractivity contribution in [3.63, 3.8) is 0 Å². The molecule has 0 aliphatic heterocycles. The summed E-state index contributed by atoms with van der Waals surface area (Å²) in [5.74, 6) is -0.562. The molecule has 4 N–H and O–H groups in total. The number of rotatable bonds is 11. The molecule has 32 heteroatoms. The van der Waals surface area contributed by atoms with Crippen LogP contribution >= 0.6 is 41.7 Å². The van der Waals surface area contributed by atoms with Crippen molar-refractivity contribution in [3.05, 3.63) is 90.8 Å². The Hall–Kier alpha value is -8.00. The number of hydrogen-bond acceptors (Lipinski definition) is 20. The molecular weight excluding hydrogens is 1080 g/mol. The number of aryl methyl sites for hydroxylation is 3. The molecule has 27 nitrogen and oxygen atoms in total. The summed E-state index contributed by atoms with van der Waals surface area (Å²) in [7, 11) is 21.6. The largest absolute Gasteiger partial charge is 0.643 e. The number of carbonyl (C=O) groups excluding carboxylic acids is 5. The van der Waals surface area contributed by atoms with Gasteiger partial charge in [0.25, 0.3) is 11.6 Å². The summed E-state index contributed by atoms with van der Waals surface area (Å²) in [5, 5.41) is 22.2. The molecule has 0 fully saturated rings. The highest BCUT2D eigenvalue weighted by molar-refractivity contribution is 7.54. The van der Waals surface area contributed by atoms with E-state index in [-0.39, 0.29) is 18.6 Å². The number of hydrogen-bond donors (Lipinski definition) is 4. The number of ether oxygens (including phenoxy) is 5. The highest BCUT2D eigenvalue weighted by Crippen LogP contribution is 2.33. The summed E-state index contributed by atoms with van der Waals surface area (Å²) < 4.78 is 28.6. The van der Waals surface area contributed by atoms with E-state index in [0.29, 0.717) is 68.2 Å². The van der Waals surface area contributed by atoms with Crippen molar-refractivity contribution in [3.8, 4) is 34.7 Å². The first-order chi connectivity index (χ1) is 34.8. The van der Waals surface area contributed by atoms with Crippen LogP contribution in [0.1, 0.15) is 45.6 Å². The van der Waals surface area contributed by atoms with Gasteiger partial charge in [-0.3, -0.25) is 14.4 Å². The second-order valence-corrected chi connectivity index (χ2v) is 20.6. The summed E-state index contributed by atoms with van der Waals surface area (Å²) >= 11 is 2.89. The fourth-order valence-electron chi connectivity index (χ4n) is 6.32. The number of carbonyl (C=O) groups is 6. The summed E-state index contributed by atoms with van der Waals surface area (Å²) in [6, 6.07) is 1.95. The zero-order chi connectivity index (χ0) is 53.7. The Labute approximate surface area is 439 Å². The lowest BCUT2D eigenvalue weighted by Crippen LogP contribution is -2.15. The first-order valence-corrected chi connectivity index (χ1v) is 25.8. The summed E-state index contributed by atoms with van der Waals surface area (Å²) in [5.41, 5.74) is 1.97. The molecular formula is C42H42AlCl4N15O12. The van der Waals surface area contributed by atoms with E-state index in [4.69, 9.17) is 49.5 Å². The maximum Gasteiger partial charge on any atom is 0.643 e. The van der Waals surface area contributed by atoms with Crippen LogP contribution in [0.15, 0.2) is 62.2 Å². The maximum absolute atomic E-state index is 12.2. The van der Waals surface area contributed by atoms with Crippen LogP contribution in [-0.2, 0) is 28.7 Å². The predicted octanol–water partition coefficient (Wildman–Crippen LogP) is 5.25. The van der Waals surface area contributed by atoms with E-state index in [2.05, 4.69) is 81.2 Å². The number of pyridine rings is 3. The molecule has 0 saturated carbocycles. The number of halogens is 4. The minimum Gasteiger partial charge on any atom is -0.494 e. The number of ketones is 2. The average molecular weight is 1120 g/mol. The second kappa shape index (κ2) is 26.6. The van der Waals surface area contributed by atoms with Crippen LogP contribution in [0.5, 0.6) is 17.2 Å². The zero-order valence-electron chi connectivity index (χ0n) is 39.2. The minimum absolute atomic E-state index is 0. The summed E-state index contributed by atoms with van der Waals surface area (Å²) in [6.45, 7) is 5.31. The standard InChI is InChI=1S/C14H13N5O4.C13H11N5O4.C11H11N5O.C3H3ClO3.CH4.Al.3ClH/c1-7-17-6-19(18-7)13-11-10(9(22-2)5-16-13)8(4-15-11)12(20)14(21)23-3;1-6-16-5-18(17-6)12-10-9(8(22-2)4-15-12)7(3-14-10)11(19)13(20)21;1-7-14-6-16(15-7)11-10-8(3-4-12-10)9(17-2)5-13-11;1-7-3(6)2(4)5;;;;;/h4-6,15H,1-3H3;3-5,14H,1-2H3,(H,20,21);3-6,12H,1-2H3;1H3;1H4;;3*1H/q;;;;;+3;;;/p-3. The van der Waals surface area contributed by atoms with Gasteiger partial charge in [0.1, 0.15) is 53.7 Å². The SMILES string of the molecule is C.COC(=O)C(=O)Cl.COC(=O)C(=O)c1c[nH]c2c(-n3cnc(C)n3)ncc(OC)c12.COc1cnc(-n2cnc(C)n2)c2[nH]cc(C(=O)C(=O)O)c12.COc1cnc(-n2cnc(C)n2)c2[nH]ccc12.[Cl][Al]([Cl])[Cl]. The van der Waals surface area contributed by atoms with E-state index in [1.165, 1.54) is 61.0 Å². The quantitative estimate of drug-likeness (QED) is 0.0422. The lowest BCUT2D eigenvalue weighted by molar-refractivity contribution is -0.148. The molecule has 9 aromatic rings. The fraction of sp³-hybridized carbons (Fsp3) is 0.214. The number of aromatic nitrogens is 15. The first-order valence-electron chi connectivity index (χ1n) is 20.1. The van der Waals surface area contributed by atoms with Crippen molar-refractivity contribution in [2.45, 2.75) is 28.2 Å². The van der Waals surface area contributed by atoms with Gasteiger partial charge in [0.15, 0.2) is 17.5 Å². The van der Waals surface area contributed by atoms with Gasteiger partial charge in [0.2, 0.25) is 0 Å². The van der Waals surface area contributed by atoms with Gasteiger partial charge in [-0.2, -0.15) is 15.3 Å². The normalized spacial score (nSPS) is 10.2. The number of nitrogens with one attached hydrogen (secondary N) is 3. The van der Waals surface area contributed by atoms with Gasteiger partial charge in [-0.1, -0.05) is 7.43 Å². The monoisotopic (exact) mass is 1120 g/mol. The Morgan fingerprint density at radius 1 is 0.568 bits per heavy atom. The molecule has 0 amide bonds. The zero-order valence-corrected chi connectivity index (χ0v) is 43.3. The van der Waals surface area contributed by atoms with Gasteiger partial charge < -0.3 is 43.7 Å². The number of fused-ring (bicyclic) bond motifs is 3. The smallest absolute Gasteiger partial charge is 0.494 e. The molecule has 9 heterocycles. The van der Waals surface area contributed by atoms with Gasteiger partial charge in [0.05, 0.1) is 92.6 Å². The number of carboxylic acid groups (broad SMARTS) is 1. The summed E-state index contributed by atoms with van der Waals surface area (Å²) in [4.78, 5) is 99.9. The van der Waals surface area contributed by atoms with Gasteiger partial charge in [-0.05, 0) is 38.4 Å². The molecule has 0 radical (unpaired) electrons. The maximum atomic E-state index is 12.2. The first kappa shape index (κ1) is 58.6. The number of methoxy groups -OCH3 is 5. The third-order valence-corrected chi connectivity index (χ3v) is 9.53. The van der Waals surface area contributed by atoms with E-state index in [0.717, 1.165) is 30.9 Å². The molecule has 0 saturated heterocycles. The van der Waals surface area contributed by atoms with Crippen LogP contribution in [0.25, 0.3) is 50.2 Å². The van der Waals surface area contributed by atoms with Crippen molar-refractivity contribution in [2.24, 2.45) is 0 Å². The predicted molar refractivity (Wildman–Crippen MR) is 268 cm³/mol. The van der Waals surface area contributed by atoms with E-state index < -0.39 is 46.1 Å². The number of nitrogens with zero attached hydrogens (tertiary/aromatic N) is 12. The van der Waals surface area contributed by atoms with Crippen molar-refractivity contribution in [2.75, 3.05) is 35.5 Å². The fourth-order valence-corrected chi connectivity index (χ4v) is 6.39. The van der Waals surface area contributed by atoms with Crippen LogP contribution in [-0.4, -0.2) is 161 Å². The number of aromatic amines is 3. The Morgan fingerprint density at radius 3 is 1.27 bits per heavy atom. The van der Waals surface area contributed by atoms with E-state index in [1.54, 1.807) is 38.2 Å². The lowest BCUT2D eigenvalue weighted by Gasteiger charge is -2.07. The Morgan fingerprint density at radius 2 is 0.946 bits per heavy atom. The third-order valence-electron chi connectivity index (χ3n) is 9.38. The molecule has 388 valence electrons. The molecule has 0 spiro atoms. The van der Waals surface area contributed by atoms with Gasteiger partial charge >= 0.3 is 34.5 Å². The number of carboxylic acids is 1. The van der Waals surface area contributed by atoms with Crippen molar-refractivity contribution >= 4 is 121 Å². The molecule has 9 aromatic heterocycles. The highest BCUT2D eigenvalue weighted by atomic mass is 35.8. The Bertz CT molecular complexity index is 3460. The number of H-pyrrole nitrogens is 3. The van der Waals surface area contributed by atoms with Crippen LogP contribution < -0.4 is 14.2 Å². The van der Waals surface area contributed by atoms with Gasteiger partial charge in [-0.15, -0.1) is 0 Å². The average Bonchev–Trinajstić information content (AvgIpc) is 4.26. The summed E-state index contributed by atoms with van der Waals surface area (Å²) in [6.07, 6.45) is 13.8. The van der Waals surface area contributed by atoms with Crippen LogP contribution in [0, 0.1) is 20.8 Å². The molecule has 9 rings (SSSR count). The van der Waals surface area contributed by atoms with Gasteiger partial charge in [-0.25, -0.2) is 88.5 Å². The molecule has 0 bridgehead atoms. The Kier molecular flexibility index (Phi) is 21.1. The van der Waals surface area contributed by atoms with E-state index in [9.17, 15) is 28.8 Å². The van der Waals surface area contributed by atoms with E-state index >= 15 is 0 Å². The van der Waals surface area contributed by atoms with Crippen LogP contribution in [0.4, 0.5) is 0 Å². The lowest BCUT2D eigenvalue weighted by atomic mass is 10.1. The number of Topliss-reactive ketones (excluding diaryl/α,β-unsaturated/α-hetero) is 2. The molecule has 0 aliphatic carbocycles. The third kappa shape index (κ3) is 13.7. The topological polar surface area (TPSA) is 347 Å². The highest BCUT2D eigenvalue weighted by Gasteiger charge is 2.26. The van der Waals surface area contributed by atoms with Gasteiger partial charge in [0, 0.05) is 24.0 Å². The molecule has 0 atom stereocenters. The molecule has 0 aromatic carbocycles. The van der Waals surface area contributed by atoms with E-state index in [1.807, 2.05) is 19.2 Å². The molecule has 0 aliphatic rings.